The molecular formula is C12H18N4O3. The van der Waals surface area contributed by atoms with E-state index in [1.807, 2.05) is 13.8 Å². The van der Waals surface area contributed by atoms with Crippen molar-refractivity contribution in [1.29, 1.82) is 0 Å². The highest BCUT2D eigenvalue weighted by Crippen LogP contribution is 2.22. The van der Waals surface area contributed by atoms with E-state index in [4.69, 9.17) is 0 Å². The van der Waals surface area contributed by atoms with Crippen molar-refractivity contribution in [2.24, 2.45) is 7.05 Å². The number of piperazine rings is 1. The Morgan fingerprint density at radius 3 is 2.74 bits per heavy atom. The van der Waals surface area contributed by atoms with Crippen molar-refractivity contribution in [2.75, 3.05) is 19.6 Å². The van der Waals surface area contributed by atoms with Gasteiger partial charge in [-0.15, -0.1) is 0 Å². The van der Waals surface area contributed by atoms with Crippen LogP contribution < -0.4 is 5.32 Å². The van der Waals surface area contributed by atoms with Crippen LogP contribution >= 0.6 is 0 Å². The number of nitro groups is 1. The maximum Gasteiger partial charge on any atom is 0.287 e. The average molecular weight is 266 g/mol. The van der Waals surface area contributed by atoms with Crippen LogP contribution in [0.4, 0.5) is 5.69 Å². The first-order valence-corrected chi connectivity index (χ1v) is 6.16. The molecule has 0 atom stereocenters. The number of rotatable bonds is 2. The van der Waals surface area contributed by atoms with Crippen molar-refractivity contribution in [1.82, 2.24) is 14.8 Å². The Labute approximate surface area is 111 Å². The molecule has 1 aliphatic heterocycles. The van der Waals surface area contributed by atoms with Gasteiger partial charge in [-0.2, -0.15) is 0 Å². The third kappa shape index (κ3) is 2.46. The third-order valence-corrected chi connectivity index (χ3v) is 3.47. The molecule has 0 spiro atoms. The molecule has 1 amide bonds. The van der Waals surface area contributed by atoms with Crippen LogP contribution in [0.1, 0.15) is 24.3 Å². The Hall–Kier alpha value is -1.89. The van der Waals surface area contributed by atoms with Crippen LogP contribution in [0.25, 0.3) is 0 Å². The molecule has 19 heavy (non-hydrogen) atoms. The predicted octanol–water partition coefficient (Wildman–Crippen LogP) is 0.757. The summed E-state index contributed by atoms with van der Waals surface area (Å²) < 4.78 is 1.51. The fraction of sp³-hybridized carbons (Fsp3) is 0.583. The van der Waals surface area contributed by atoms with Gasteiger partial charge in [0.15, 0.2) is 0 Å². The van der Waals surface area contributed by atoms with Crippen LogP contribution in [0.3, 0.4) is 0 Å². The maximum atomic E-state index is 12.5. The molecule has 1 aromatic rings. The van der Waals surface area contributed by atoms with Gasteiger partial charge >= 0.3 is 0 Å². The highest BCUT2D eigenvalue weighted by atomic mass is 16.6. The normalized spacial score (nSPS) is 18.4. The largest absolute Gasteiger partial charge is 0.340 e. The van der Waals surface area contributed by atoms with Crippen LogP contribution in [0, 0.1) is 10.1 Å². The van der Waals surface area contributed by atoms with E-state index < -0.39 is 4.92 Å². The number of hydrogen-bond acceptors (Lipinski definition) is 4. The van der Waals surface area contributed by atoms with Gasteiger partial charge in [-0.3, -0.25) is 14.9 Å². The number of hydrogen-bond donors (Lipinski definition) is 1. The van der Waals surface area contributed by atoms with Crippen molar-refractivity contribution in [2.45, 2.75) is 19.4 Å². The Kier molecular flexibility index (Phi) is 3.32. The molecule has 1 aromatic heterocycles. The van der Waals surface area contributed by atoms with E-state index >= 15 is 0 Å². The second-order valence-electron chi connectivity index (χ2n) is 5.40. The molecular weight excluding hydrogens is 248 g/mol. The second-order valence-corrected chi connectivity index (χ2v) is 5.40. The van der Waals surface area contributed by atoms with Gasteiger partial charge in [0.25, 0.3) is 11.6 Å². The molecule has 1 N–H and O–H groups in total. The summed E-state index contributed by atoms with van der Waals surface area (Å²) in [5.41, 5.74) is -0.00514. The van der Waals surface area contributed by atoms with Gasteiger partial charge in [0.2, 0.25) is 0 Å². The first kappa shape index (κ1) is 13.5. The number of aryl methyl sites for hydroxylation is 1. The van der Waals surface area contributed by atoms with Gasteiger partial charge in [-0.05, 0) is 13.8 Å². The Morgan fingerprint density at radius 2 is 2.21 bits per heavy atom. The van der Waals surface area contributed by atoms with Crippen LogP contribution in [0.5, 0.6) is 0 Å². The summed E-state index contributed by atoms with van der Waals surface area (Å²) >= 11 is 0. The number of aromatic nitrogens is 1. The van der Waals surface area contributed by atoms with Crippen molar-refractivity contribution < 1.29 is 9.72 Å². The molecule has 7 heteroatoms. The van der Waals surface area contributed by atoms with E-state index in [0.717, 1.165) is 6.54 Å². The molecule has 1 aliphatic rings. The Balaban J connectivity index is 2.31. The van der Waals surface area contributed by atoms with Crippen molar-refractivity contribution in [3.8, 4) is 0 Å². The predicted molar refractivity (Wildman–Crippen MR) is 70.1 cm³/mol. The zero-order valence-electron chi connectivity index (χ0n) is 11.3. The summed E-state index contributed by atoms with van der Waals surface area (Å²) in [4.78, 5) is 24.6. The zero-order chi connectivity index (χ0) is 14.2. The lowest BCUT2D eigenvalue weighted by molar-refractivity contribution is -0.384. The van der Waals surface area contributed by atoms with Crippen molar-refractivity contribution in [3.05, 3.63) is 28.1 Å². The Morgan fingerprint density at radius 1 is 1.53 bits per heavy atom. The molecule has 7 nitrogen and oxygen atoms in total. The lowest BCUT2D eigenvalue weighted by atomic mass is 9.99. The zero-order valence-corrected chi connectivity index (χ0v) is 11.3. The Bertz CT molecular complexity index is 521. The highest BCUT2D eigenvalue weighted by Gasteiger charge is 2.35. The fourth-order valence-corrected chi connectivity index (χ4v) is 2.36. The number of carbonyl (C=O) groups excluding carboxylic acids is 1. The summed E-state index contributed by atoms with van der Waals surface area (Å²) in [6, 6.07) is 1.33. The van der Waals surface area contributed by atoms with Crippen molar-refractivity contribution >= 4 is 11.6 Å². The molecule has 2 heterocycles. The summed E-state index contributed by atoms with van der Waals surface area (Å²) in [5.74, 6) is -0.165. The molecule has 0 saturated carbocycles. The summed E-state index contributed by atoms with van der Waals surface area (Å²) in [6.07, 6.45) is 1.36. The van der Waals surface area contributed by atoms with E-state index in [1.165, 1.54) is 16.8 Å². The lowest BCUT2D eigenvalue weighted by Gasteiger charge is -2.42. The second kappa shape index (κ2) is 4.65. The highest BCUT2D eigenvalue weighted by molar-refractivity contribution is 5.94. The monoisotopic (exact) mass is 266 g/mol. The molecule has 2 rings (SSSR count). The van der Waals surface area contributed by atoms with Gasteiger partial charge in [0, 0.05) is 32.7 Å². The molecule has 1 saturated heterocycles. The molecule has 0 unspecified atom stereocenters. The maximum absolute atomic E-state index is 12.5. The molecule has 0 radical (unpaired) electrons. The molecule has 0 aliphatic carbocycles. The van der Waals surface area contributed by atoms with E-state index in [1.54, 1.807) is 11.9 Å². The van der Waals surface area contributed by atoms with E-state index in [-0.39, 0.29) is 17.1 Å². The molecule has 104 valence electrons. The standard InChI is InChI=1S/C12H18N4O3/c1-12(2)8-13-4-5-15(12)11(17)10-6-9(16(18)19)7-14(10)3/h6-7,13H,4-5,8H2,1-3H3. The van der Waals surface area contributed by atoms with Crippen molar-refractivity contribution in [3.63, 3.8) is 0 Å². The quantitative estimate of drug-likeness (QED) is 0.633. The summed E-state index contributed by atoms with van der Waals surface area (Å²) in [6.45, 7) is 6.01. The molecule has 0 bridgehead atoms. The molecule has 0 aromatic carbocycles. The fourth-order valence-electron chi connectivity index (χ4n) is 2.36. The number of carbonyl (C=O) groups is 1. The number of nitrogens with one attached hydrogen (secondary N) is 1. The first-order valence-electron chi connectivity index (χ1n) is 6.16. The smallest absolute Gasteiger partial charge is 0.287 e. The van der Waals surface area contributed by atoms with E-state index in [2.05, 4.69) is 5.32 Å². The van der Waals surface area contributed by atoms with Crippen LogP contribution in [0.15, 0.2) is 12.3 Å². The lowest BCUT2D eigenvalue weighted by Crippen LogP contribution is -2.60. The minimum atomic E-state index is -0.486. The van der Waals surface area contributed by atoms with Gasteiger partial charge in [-0.25, -0.2) is 0 Å². The molecule has 1 fully saturated rings. The van der Waals surface area contributed by atoms with Gasteiger partial charge in [0.05, 0.1) is 16.7 Å². The number of nitrogens with zero attached hydrogens (tertiary/aromatic N) is 3. The minimum absolute atomic E-state index is 0.0567. The topological polar surface area (TPSA) is 80.4 Å². The van der Waals surface area contributed by atoms with E-state index in [9.17, 15) is 14.9 Å². The van der Waals surface area contributed by atoms with E-state index in [0.29, 0.717) is 18.8 Å². The van der Waals surface area contributed by atoms with Crippen LogP contribution in [-0.4, -0.2) is 45.5 Å². The first-order chi connectivity index (χ1) is 8.83. The van der Waals surface area contributed by atoms with Gasteiger partial charge in [0.1, 0.15) is 5.69 Å². The van der Waals surface area contributed by atoms with Crippen LogP contribution in [-0.2, 0) is 7.05 Å². The number of amides is 1. The summed E-state index contributed by atoms with van der Waals surface area (Å²) in [5, 5.41) is 14.0. The van der Waals surface area contributed by atoms with Crippen LogP contribution in [0.2, 0.25) is 0 Å². The average Bonchev–Trinajstić information content (AvgIpc) is 2.70. The summed E-state index contributed by atoms with van der Waals surface area (Å²) in [7, 11) is 1.65. The van der Waals surface area contributed by atoms with Gasteiger partial charge in [-0.1, -0.05) is 0 Å². The van der Waals surface area contributed by atoms with Gasteiger partial charge < -0.3 is 14.8 Å². The minimum Gasteiger partial charge on any atom is -0.340 e. The third-order valence-electron chi connectivity index (χ3n) is 3.47. The SMILES string of the molecule is Cn1cc([N+](=O)[O-])cc1C(=O)N1CCNCC1(C)C.